The van der Waals surface area contributed by atoms with Gasteiger partial charge in [-0.1, -0.05) is 30.7 Å². The number of rotatable bonds is 6. The summed E-state index contributed by atoms with van der Waals surface area (Å²) in [6, 6.07) is 10.5. The summed E-state index contributed by atoms with van der Waals surface area (Å²) >= 11 is 0. The van der Waals surface area contributed by atoms with Crippen LogP contribution in [0.1, 0.15) is 43.2 Å². The van der Waals surface area contributed by atoms with Crippen molar-refractivity contribution in [2.45, 2.75) is 57.3 Å². The highest BCUT2D eigenvalue weighted by Crippen LogP contribution is 2.26. The van der Waals surface area contributed by atoms with Crippen LogP contribution in [0.15, 0.2) is 24.3 Å². The molecule has 0 saturated heterocycles. The molecule has 1 N–H and O–H groups in total. The zero-order valence-electron chi connectivity index (χ0n) is 11.4. The first-order valence-corrected chi connectivity index (χ1v) is 7.33. The van der Waals surface area contributed by atoms with Crippen molar-refractivity contribution in [2.24, 2.45) is 0 Å². The van der Waals surface area contributed by atoms with Crippen molar-refractivity contribution in [2.75, 3.05) is 7.05 Å². The van der Waals surface area contributed by atoms with E-state index in [4.69, 9.17) is 0 Å². The van der Waals surface area contributed by atoms with Gasteiger partial charge in [-0.2, -0.15) is 0 Å². The van der Waals surface area contributed by atoms with Crippen LogP contribution in [0.5, 0.6) is 0 Å². The number of hydrogen-bond acceptors (Lipinski definition) is 2. The molecule has 0 spiro atoms. The van der Waals surface area contributed by atoms with E-state index in [9.17, 15) is 0 Å². The van der Waals surface area contributed by atoms with Gasteiger partial charge in [0.1, 0.15) is 0 Å². The first kappa shape index (κ1) is 12.2. The molecule has 0 unspecified atom stereocenters. The molecule has 3 rings (SSSR count). The molecule has 0 amide bonds. The van der Waals surface area contributed by atoms with E-state index in [1.54, 1.807) is 0 Å². The van der Waals surface area contributed by atoms with Crippen LogP contribution >= 0.6 is 0 Å². The number of benzene rings is 1. The van der Waals surface area contributed by atoms with Crippen LogP contribution in [-0.2, 0) is 13.1 Å². The van der Waals surface area contributed by atoms with E-state index >= 15 is 0 Å². The fourth-order valence-electron chi connectivity index (χ4n) is 2.65. The molecule has 0 radical (unpaired) electrons. The van der Waals surface area contributed by atoms with Gasteiger partial charge in [-0.15, -0.1) is 0 Å². The molecule has 2 aliphatic rings. The van der Waals surface area contributed by atoms with Crippen molar-refractivity contribution in [1.82, 2.24) is 10.2 Å². The predicted molar refractivity (Wildman–Crippen MR) is 75.4 cm³/mol. The highest BCUT2D eigenvalue weighted by Gasteiger charge is 2.23. The normalized spacial score (nSPS) is 20.1. The molecule has 2 nitrogen and oxygen atoms in total. The van der Waals surface area contributed by atoms with Gasteiger partial charge in [0.25, 0.3) is 0 Å². The Kier molecular flexibility index (Phi) is 3.67. The Hall–Kier alpha value is -0.860. The maximum absolute atomic E-state index is 3.63. The summed E-state index contributed by atoms with van der Waals surface area (Å²) < 4.78 is 0. The lowest BCUT2D eigenvalue weighted by Gasteiger charge is -2.35. The molecular formula is C16H24N2. The highest BCUT2D eigenvalue weighted by atomic mass is 15.1. The molecule has 98 valence electrons. The molecule has 0 aliphatic heterocycles. The van der Waals surface area contributed by atoms with Crippen molar-refractivity contribution >= 4 is 0 Å². The number of nitrogens with one attached hydrogen (secondary N) is 1. The van der Waals surface area contributed by atoms with Gasteiger partial charge in [-0.25, -0.2) is 0 Å². The summed E-state index contributed by atoms with van der Waals surface area (Å²) in [7, 11) is 2.27. The van der Waals surface area contributed by atoms with Crippen molar-refractivity contribution in [3.05, 3.63) is 35.4 Å². The van der Waals surface area contributed by atoms with E-state index in [0.717, 1.165) is 25.2 Å². The quantitative estimate of drug-likeness (QED) is 0.827. The van der Waals surface area contributed by atoms with E-state index in [-0.39, 0.29) is 0 Å². The van der Waals surface area contributed by atoms with Crippen LogP contribution in [0.4, 0.5) is 0 Å². The summed E-state index contributed by atoms with van der Waals surface area (Å²) in [5.41, 5.74) is 2.98. The van der Waals surface area contributed by atoms with Gasteiger partial charge < -0.3 is 5.32 Å². The third-order valence-corrected chi connectivity index (χ3v) is 4.39. The number of hydrogen-bond donors (Lipinski definition) is 1. The first-order valence-electron chi connectivity index (χ1n) is 7.33. The predicted octanol–water partition coefficient (Wildman–Crippen LogP) is 2.92. The van der Waals surface area contributed by atoms with Gasteiger partial charge in [0.15, 0.2) is 0 Å². The minimum Gasteiger partial charge on any atom is -0.310 e. The lowest BCUT2D eigenvalue weighted by molar-refractivity contribution is 0.152. The first-order chi connectivity index (χ1) is 8.83. The van der Waals surface area contributed by atoms with Crippen LogP contribution in [0, 0.1) is 0 Å². The Morgan fingerprint density at radius 1 is 1.11 bits per heavy atom. The number of nitrogens with zero attached hydrogens (tertiary/aromatic N) is 1. The van der Waals surface area contributed by atoms with E-state index in [2.05, 4.69) is 41.5 Å². The smallest absolute Gasteiger partial charge is 0.0236 e. The maximum Gasteiger partial charge on any atom is 0.0236 e. The average Bonchev–Trinajstić information content (AvgIpc) is 3.09. The lowest BCUT2D eigenvalue weighted by atomic mass is 9.91. The van der Waals surface area contributed by atoms with Gasteiger partial charge in [0, 0.05) is 25.2 Å². The standard InChI is InChI=1S/C16H24N2/c1-18(16-7-4-8-16)12-14-6-3-2-5-13(14)11-17-15-9-10-15/h2-3,5-6,15-17H,4,7-12H2,1H3. The largest absolute Gasteiger partial charge is 0.310 e. The van der Waals surface area contributed by atoms with Gasteiger partial charge >= 0.3 is 0 Å². The molecule has 0 atom stereocenters. The van der Waals surface area contributed by atoms with Gasteiger partial charge in [0.05, 0.1) is 0 Å². The van der Waals surface area contributed by atoms with Crippen molar-refractivity contribution in [1.29, 1.82) is 0 Å². The van der Waals surface area contributed by atoms with Crippen molar-refractivity contribution in [3.63, 3.8) is 0 Å². The van der Waals surface area contributed by atoms with E-state index in [0.29, 0.717) is 0 Å². The third-order valence-electron chi connectivity index (χ3n) is 4.39. The van der Waals surface area contributed by atoms with E-state index in [1.165, 1.54) is 43.2 Å². The Morgan fingerprint density at radius 2 is 1.83 bits per heavy atom. The lowest BCUT2D eigenvalue weighted by Crippen LogP contribution is -2.36. The summed E-state index contributed by atoms with van der Waals surface area (Å²) in [6.07, 6.45) is 6.92. The fourth-order valence-corrected chi connectivity index (χ4v) is 2.65. The molecule has 18 heavy (non-hydrogen) atoms. The molecule has 1 aromatic rings. The monoisotopic (exact) mass is 244 g/mol. The molecule has 0 bridgehead atoms. The van der Waals surface area contributed by atoms with Crippen LogP contribution in [-0.4, -0.2) is 24.0 Å². The molecule has 2 saturated carbocycles. The minimum atomic E-state index is 0.794. The zero-order valence-corrected chi connectivity index (χ0v) is 11.4. The third kappa shape index (κ3) is 2.93. The Morgan fingerprint density at radius 3 is 2.44 bits per heavy atom. The SMILES string of the molecule is CN(Cc1ccccc1CNC1CC1)C1CCC1. The van der Waals surface area contributed by atoms with Crippen LogP contribution in [0.3, 0.4) is 0 Å². The second-order valence-electron chi connectivity index (χ2n) is 5.92. The average molecular weight is 244 g/mol. The Bertz CT molecular complexity index is 394. The van der Waals surface area contributed by atoms with Gasteiger partial charge in [0.2, 0.25) is 0 Å². The highest BCUT2D eigenvalue weighted by molar-refractivity contribution is 5.27. The zero-order chi connectivity index (χ0) is 12.4. The van der Waals surface area contributed by atoms with Crippen LogP contribution in [0.25, 0.3) is 0 Å². The second-order valence-corrected chi connectivity index (χ2v) is 5.92. The molecule has 2 aliphatic carbocycles. The molecule has 2 fully saturated rings. The molecular weight excluding hydrogens is 220 g/mol. The Labute approximate surface area is 110 Å². The van der Waals surface area contributed by atoms with E-state index in [1.807, 2.05) is 0 Å². The summed E-state index contributed by atoms with van der Waals surface area (Å²) in [4.78, 5) is 2.53. The fraction of sp³-hybridized carbons (Fsp3) is 0.625. The second kappa shape index (κ2) is 5.41. The molecule has 0 aromatic heterocycles. The topological polar surface area (TPSA) is 15.3 Å². The Balaban J connectivity index is 1.61. The molecule has 2 heteroatoms. The van der Waals surface area contributed by atoms with Crippen LogP contribution in [0.2, 0.25) is 0 Å². The molecule has 1 aromatic carbocycles. The summed E-state index contributed by atoms with van der Waals surface area (Å²) in [5, 5.41) is 3.63. The van der Waals surface area contributed by atoms with Crippen molar-refractivity contribution < 1.29 is 0 Å². The molecule has 0 heterocycles. The van der Waals surface area contributed by atoms with E-state index < -0.39 is 0 Å². The van der Waals surface area contributed by atoms with Crippen LogP contribution < -0.4 is 5.32 Å². The summed E-state index contributed by atoms with van der Waals surface area (Å²) in [6.45, 7) is 2.15. The summed E-state index contributed by atoms with van der Waals surface area (Å²) in [5.74, 6) is 0. The van der Waals surface area contributed by atoms with Gasteiger partial charge in [-0.3, -0.25) is 4.90 Å². The maximum atomic E-state index is 3.63. The minimum absolute atomic E-state index is 0.794. The van der Waals surface area contributed by atoms with Gasteiger partial charge in [-0.05, 0) is 43.9 Å². The van der Waals surface area contributed by atoms with Crippen molar-refractivity contribution in [3.8, 4) is 0 Å².